The Bertz CT molecular complexity index is 1390. The van der Waals surface area contributed by atoms with Crippen molar-refractivity contribution in [2.75, 3.05) is 11.5 Å². The fraction of sp³-hybridized carbons (Fsp3) is 0.115. The maximum atomic E-state index is 13.1. The lowest BCUT2D eigenvalue weighted by atomic mass is 10.1. The third-order valence-corrected chi connectivity index (χ3v) is 7.00. The van der Waals surface area contributed by atoms with Gasteiger partial charge in [-0.05, 0) is 61.0 Å². The zero-order chi connectivity index (χ0) is 25.8. The van der Waals surface area contributed by atoms with Gasteiger partial charge in [-0.25, -0.2) is 4.79 Å². The average molecular weight is 560 g/mol. The molecule has 1 aliphatic heterocycles. The molecule has 0 radical (unpaired) electrons. The van der Waals surface area contributed by atoms with Crippen LogP contribution in [-0.2, 0) is 11.4 Å². The largest absolute Gasteiger partial charge is 0.490 e. The van der Waals surface area contributed by atoms with E-state index in [0.717, 1.165) is 22.9 Å². The van der Waals surface area contributed by atoms with Crippen molar-refractivity contribution in [3.63, 3.8) is 0 Å². The fourth-order valence-electron chi connectivity index (χ4n) is 3.42. The summed E-state index contributed by atoms with van der Waals surface area (Å²) in [7, 11) is 0. The van der Waals surface area contributed by atoms with Gasteiger partial charge in [0.05, 0.1) is 22.8 Å². The number of carboxylic acid groups (broad SMARTS) is 1. The number of nitrogens with zero attached hydrogens (tertiary/aromatic N) is 1. The number of carboxylic acids is 1. The molecule has 4 rings (SSSR count). The molecule has 36 heavy (non-hydrogen) atoms. The molecule has 0 aromatic heterocycles. The first-order valence-corrected chi connectivity index (χ1v) is 12.7. The number of ether oxygens (including phenoxy) is 2. The highest BCUT2D eigenvalue weighted by Crippen LogP contribution is 2.38. The molecular weight excluding hydrogens is 541 g/mol. The maximum absolute atomic E-state index is 13.1. The van der Waals surface area contributed by atoms with Crippen molar-refractivity contribution in [2.24, 2.45) is 0 Å². The molecule has 1 aliphatic rings. The Hall–Kier alpha value is -3.04. The van der Waals surface area contributed by atoms with Gasteiger partial charge in [0.1, 0.15) is 6.61 Å². The lowest BCUT2D eigenvalue weighted by Crippen LogP contribution is -2.27. The summed E-state index contributed by atoms with van der Waals surface area (Å²) in [5.41, 5.74) is 1.97. The van der Waals surface area contributed by atoms with Crippen molar-refractivity contribution in [1.29, 1.82) is 0 Å². The van der Waals surface area contributed by atoms with Crippen LogP contribution in [0.2, 0.25) is 10.0 Å². The zero-order valence-electron chi connectivity index (χ0n) is 18.9. The highest BCUT2D eigenvalue weighted by Gasteiger charge is 2.33. The minimum atomic E-state index is -1.08. The molecule has 6 nitrogen and oxygen atoms in total. The predicted octanol–water partition coefficient (Wildman–Crippen LogP) is 7.08. The Morgan fingerprint density at radius 2 is 1.89 bits per heavy atom. The zero-order valence-corrected chi connectivity index (χ0v) is 22.0. The summed E-state index contributed by atoms with van der Waals surface area (Å²) in [6.45, 7) is 2.51. The first kappa shape index (κ1) is 26.0. The molecule has 1 fully saturated rings. The number of halogens is 2. The summed E-state index contributed by atoms with van der Waals surface area (Å²) in [5, 5.41) is 10.3. The summed E-state index contributed by atoms with van der Waals surface area (Å²) < 4.78 is 12.0. The number of thiocarbonyl (C=S) groups is 1. The van der Waals surface area contributed by atoms with Gasteiger partial charge in [-0.1, -0.05) is 65.4 Å². The van der Waals surface area contributed by atoms with Crippen LogP contribution < -0.4 is 14.4 Å². The molecular formula is C26H19Cl2NO5S2. The Kier molecular flexibility index (Phi) is 8.21. The number of thioether (sulfide) groups is 1. The minimum Gasteiger partial charge on any atom is -0.490 e. The van der Waals surface area contributed by atoms with Gasteiger partial charge in [-0.3, -0.25) is 9.69 Å². The SMILES string of the molecule is CCOc1cc(/C=C2/SC(=S)N(c3cccc(C(=O)O)c3)C2=O)ccc1OCc1ccc(Cl)cc1Cl. The molecule has 0 saturated carbocycles. The molecule has 1 N–H and O–H groups in total. The Balaban J connectivity index is 1.56. The predicted molar refractivity (Wildman–Crippen MR) is 147 cm³/mol. The van der Waals surface area contributed by atoms with E-state index in [2.05, 4.69) is 0 Å². The summed E-state index contributed by atoms with van der Waals surface area (Å²) in [6.07, 6.45) is 1.71. The second-order valence-corrected chi connectivity index (χ2v) is 10.1. The molecule has 10 heteroatoms. The van der Waals surface area contributed by atoms with Crippen molar-refractivity contribution in [3.05, 3.63) is 92.3 Å². The number of rotatable bonds is 8. The van der Waals surface area contributed by atoms with Gasteiger partial charge < -0.3 is 14.6 Å². The van der Waals surface area contributed by atoms with Crippen LogP contribution in [0, 0.1) is 0 Å². The van der Waals surface area contributed by atoms with Gasteiger partial charge in [-0.2, -0.15) is 0 Å². The van der Waals surface area contributed by atoms with Crippen LogP contribution in [0.4, 0.5) is 5.69 Å². The Morgan fingerprint density at radius 3 is 2.61 bits per heavy atom. The smallest absolute Gasteiger partial charge is 0.335 e. The third kappa shape index (κ3) is 5.84. The second-order valence-electron chi connectivity index (χ2n) is 7.54. The molecule has 0 unspecified atom stereocenters. The lowest BCUT2D eigenvalue weighted by molar-refractivity contribution is -0.113. The molecule has 0 spiro atoms. The normalized spacial score (nSPS) is 14.4. The van der Waals surface area contributed by atoms with Crippen LogP contribution in [0.5, 0.6) is 11.5 Å². The van der Waals surface area contributed by atoms with Crippen molar-refractivity contribution < 1.29 is 24.2 Å². The van der Waals surface area contributed by atoms with Crippen molar-refractivity contribution in [1.82, 2.24) is 0 Å². The molecule has 0 atom stereocenters. The van der Waals surface area contributed by atoms with E-state index < -0.39 is 5.97 Å². The van der Waals surface area contributed by atoms with E-state index in [0.29, 0.717) is 43.1 Å². The summed E-state index contributed by atoms with van der Waals surface area (Å²) in [6, 6.07) is 16.6. The van der Waals surface area contributed by atoms with Crippen molar-refractivity contribution in [2.45, 2.75) is 13.5 Å². The first-order chi connectivity index (χ1) is 17.3. The van der Waals surface area contributed by atoms with E-state index in [4.69, 9.17) is 44.9 Å². The van der Waals surface area contributed by atoms with Gasteiger partial charge in [0, 0.05) is 15.6 Å². The molecule has 1 amide bonds. The summed E-state index contributed by atoms with van der Waals surface area (Å²) in [5.74, 6) is -0.371. The highest BCUT2D eigenvalue weighted by atomic mass is 35.5. The van der Waals surface area contributed by atoms with E-state index in [9.17, 15) is 14.7 Å². The average Bonchev–Trinajstić information content (AvgIpc) is 3.12. The number of amides is 1. The van der Waals surface area contributed by atoms with Gasteiger partial charge in [0.2, 0.25) is 0 Å². The second kappa shape index (κ2) is 11.3. The summed E-state index contributed by atoms with van der Waals surface area (Å²) in [4.78, 5) is 26.2. The number of aromatic carboxylic acids is 1. The number of hydrogen-bond acceptors (Lipinski definition) is 6. The summed E-state index contributed by atoms with van der Waals surface area (Å²) >= 11 is 18.7. The van der Waals surface area contributed by atoms with E-state index in [-0.39, 0.29) is 18.1 Å². The van der Waals surface area contributed by atoms with Gasteiger partial charge in [0.15, 0.2) is 15.8 Å². The van der Waals surface area contributed by atoms with Crippen molar-refractivity contribution >= 4 is 75.1 Å². The van der Waals surface area contributed by atoms with Crippen LogP contribution in [0.1, 0.15) is 28.4 Å². The van der Waals surface area contributed by atoms with Gasteiger partial charge in [-0.15, -0.1) is 0 Å². The van der Waals surface area contributed by atoms with E-state index in [1.54, 1.807) is 54.6 Å². The fourth-order valence-corrected chi connectivity index (χ4v) is 5.18. The number of benzene rings is 3. The molecule has 3 aromatic carbocycles. The third-order valence-electron chi connectivity index (χ3n) is 5.11. The Labute approximate surface area is 227 Å². The molecule has 3 aromatic rings. The molecule has 184 valence electrons. The first-order valence-electron chi connectivity index (χ1n) is 10.7. The van der Waals surface area contributed by atoms with Crippen LogP contribution in [0.3, 0.4) is 0 Å². The molecule has 1 saturated heterocycles. The molecule has 0 bridgehead atoms. The topological polar surface area (TPSA) is 76.1 Å². The lowest BCUT2D eigenvalue weighted by Gasteiger charge is -2.15. The van der Waals surface area contributed by atoms with E-state index >= 15 is 0 Å². The molecule has 1 heterocycles. The van der Waals surface area contributed by atoms with Gasteiger partial charge in [0.25, 0.3) is 5.91 Å². The number of hydrogen-bond donors (Lipinski definition) is 1. The van der Waals surface area contributed by atoms with E-state index in [1.165, 1.54) is 17.0 Å². The van der Waals surface area contributed by atoms with E-state index in [1.807, 2.05) is 6.92 Å². The number of carbonyl (C=O) groups excluding carboxylic acids is 1. The minimum absolute atomic E-state index is 0.0716. The van der Waals surface area contributed by atoms with Crippen LogP contribution in [-0.4, -0.2) is 27.9 Å². The number of carbonyl (C=O) groups is 2. The van der Waals surface area contributed by atoms with Crippen molar-refractivity contribution in [3.8, 4) is 11.5 Å². The monoisotopic (exact) mass is 559 g/mol. The highest BCUT2D eigenvalue weighted by molar-refractivity contribution is 8.27. The maximum Gasteiger partial charge on any atom is 0.335 e. The van der Waals surface area contributed by atoms with Crippen LogP contribution in [0.25, 0.3) is 6.08 Å². The Morgan fingerprint density at radius 1 is 1.08 bits per heavy atom. The van der Waals surface area contributed by atoms with Gasteiger partial charge >= 0.3 is 5.97 Å². The molecule has 0 aliphatic carbocycles. The van der Waals surface area contributed by atoms with Crippen LogP contribution >= 0.6 is 47.2 Å². The quantitative estimate of drug-likeness (QED) is 0.233. The number of anilines is 1. The van der Waals surface area contributed by atoms with Crippen LogP contribution in [0.15, 0.2) is 65.6 Å². The standard InChI is InChI=1S/C26H19Cl2NO5S2/c1-2-33-22-10-15(6-9-21(22)34-14-17-7-8-18(27)13-20(17)28)11-23-24(30)29(26(35)36-23)19-5-3-4-16(12-19)25(31)32/h3-13H,2,14H2,1H3,(H,31,32)/b23-11+.